The van der Waals surface area contributed by atoms with Crippen LogP contribution in [0.15, 0.2) is 12.1 Å². The largest absolute Gasteiger partial charge is 0.505 e. The van der Waals surface area contributed by atoms with E-state index in [0.717, 1.165) is 0 Å². The third-order valence-electron chi connectivity index (χ3n) is 3.18. The Kier molecular flexibility index (Phi) is 5.06. The summed E-state index contributed by atoms with van der Waals surface area (Å²) < 4.78 is 22.7. The molecule has 0 bridgehead atoms. The Labute approximate surface area is 133 Å². The Morgan fingerprint density at radius 2 is 2.24 bits per heavy atom. The van der Waals surface area contributed by atoms with Crippen molar-refractivity contribution in [2.45, 2.75) is 18.6 Å². The molecule has 0 spiro atoms. The second kappa shape index (κ2) is 6.46. The summed E-state index contributed by atoms with van der Waals surface area (Å²) in [4.78, 5) is 11.9. The predicted octanol–water partition coefficient (Wildman–Crippen LogP) is 2.21. The molecule has 1 aromatic carbocycles. The first-order valence-electron chi connectivity index (χ1n) is 6.38. The number of hydrogen-bond donors (Lipinski definition) is 2. The minimum Gasteiger partial charge on any atom is -0.505 e. The van der Waals surface area contributed by atoms with Crippen LogP contribution in [0.25, 0.3) is 0 Å². The highest BCUT2D eigenvalue weighted by atomic mass is 35.5. The number of carbonyl (C=O) groups excluding carboxylic acids is 1. The van der Waals surface area contributed by atoms with E-state index in [1.807, 2.05) is 0 Å². The molecule has 1 aromatic rings. The lowest BCUT2D eigenvalue weighted by Crippen LogP contribution is -2.17. The first-order valence-corrected chi connectivity index (χ1v) is 9.62. The summed E-state index contributed by atoms with van der Waals surface area (Å²) in [5.41, 5.74) is 0.844. The number of phenols is 1. The lowest BCUT2D eigenvalue weighted by molar-refractivity contribution is -0.113. The Morgan fingerprint density at radius 3 is 2.86 bits per heavy atom. The van der Waals surface area contributed by atoms with Crippen LogP contribution < -0.4 is 5.32 Å². The van der Waals surface area contributed by atoms with Gasteiger partial charge < -0.3 is 10.4 Å². The quantitative estimate of drug-likeness (QED) is 0.814. The van der Waals surface area contributed by atoms with Crippen LogP contribution in [0.2, 0.25) is 5.02 Å². The van der Waals surface area contributed by atoms with Gasteiger partial charge in [0, 0.05) is 10.3 Å². The summed E-state index contributed by atoms with van der Waals surface area (Å²) in [6.45, 7) is 1.69. The molecular weight excluding hydrogens is 334 g/mol. The van der Waals surface area contributed by atoms with E-state index in [9.17, 15) is 18.3 Å². The summed E-state index contributed by atoms with van der Waals surface area (Å²) in [6, 6.07) is 3.08. The SMILES string of the molecule is Cc1cc(Cl)cc(NC(=O)CS[C@@H]2CCS(=O)(=O)C2)c1O. The molecule has 1 fully saturated rings. The molecule has 1 aliphatic heterocycles. The van der Waals surface area contributed by atoms with Crippen LogP contribution in [0, 0.1) is 6.92 Å². The highest BCUT2D eigenvalue weighted by Gasteiger charge is 2.28. The maximum atomic E-state index is 11.9. The van der Waals surface area contributed by atoms with Gasteiger partial charge in [0.25, 0.3) is 0 Å². The van der Waals surface area contributed by atoms with Gasteiger partial charge in [-0.15, -0.1) is 11.8 Å². The Hall–Kier alpha value is -0.920. The third kappa shape index (κ3) is 4.52. The molecule has 0 saturated carbocycles. The predicted molar refractivity (Wildman–Crippen MR) is 86.0 cm³/mol. The minimum absolute atomic E-state index is 0.0128. The van der Waals surface area contributed by atoms with Crippen LogP contribution in [-0.2, 0) is 14.6 Å². The average Bonchev–Trinajstić information content (AvgIpc) is 2.72. The molecule has 0 unspecified atom stereocenters. The van der Waals surface area contributed by atoms with Crippen molar-refractivity contribution in [2.75, 3.05) is 22.6 Å². The van der Waals surface area contributed by atoms with E-state index in [2.05, 4.69) is 5.32 Å². The molecule has 8 heteroatoms. The number of anilines is 1. The topological polar surface area (TPSA) is 83.5 Å². The first kappa shape index (κ1) is 16.5. The Morgan fingerprint density at radius 1 is 1.52 bits per heavy atom. The van der Waals surface area contributed by atoms with Crippen LogP contribution in [0.1, 0.15) is 12.0 Å². The lowest BCUT2D eigenvalue weighted by atomic mass is 10.2. The maximum Gasteiger partial charge on any atom is 0.234 e. The van der Waals surface area contributed by atoms with E-state index in [0.29, 0.717) is 17.0 Å². The van der Waals surface area contributed by atoms with Gasteiger partial charge in [-0.1, -0.05) is 11.6 Å². The smallest absolute Gasteiger partial charge is 0.234 e. The average molecular weight is 350 g/mol. The summed E-state index contributed by atoms with van der Waals surface area (Å²) >= 11 is 7.21. The van der Waals surface area contributed by atoms with Crippen LogP contribution in [-0.4, -0.2) is 41.9 Å². The standard InChI is InChI=1S/C13H16ClNO4S2/c1-8-4-9(14)5-11(13(8)17)15-12(16)6-20-10-2-3-21(18,19)7-10/h4-5,10,17H,2-3,6-7H2,1H3,(H,15,16)/t10-/m1/s1. The fraction of sp³-hybridized carbons (Fsp3) is 0.462. The van der Waals surface area contributed by atoms with Gasteiger partial charge in [-0.3, -0.25) is 4.79 Å². The number of phenolic OH excluding ortho intramolecular Hbond substituents is 1. The minimum atomic E-state index is -2.93. The van der Waals surface area contributed by atoms with Crippen molar-refractivity contribution in [3.05, 3.63) is 22.7 Å². The van der Waals surface area contributed by atoms with E-state index in [4.69, 9.17) is 11.6 Å². The molecule has 2 N–H and O–H groups in total. The van der Waals surface area contributed by atoms with Crippen LogP contribution in [0.4, 0.5) is 5.69 Å². The first-order chi connectivity index (χ1) is 9.77. The molecule has 1 amide bonds. The molecule has 0 radical (unpaired) electrons. The number of rotatable bonds is 4. The number of aryl methyl sites for hydroxylation is 1. The monoisotopic (exact) mass is 349 g/mol. The van der Waals surface area contributed by atoms with Crippen LogP contribution >= 0.6 is 23.4 Å². The second-order valence-electron chi connectivity index (χ2n) is 5.00. The second-order valence-corrected chi connectivity index (χ2v) is 8.96. The number of nitrogens with one attached hydrogen (secondary N) is 1. The van der Waals surface area contributed by atoms with Gasteiger partial charge in [-0.2, -0.15) is 0 Å². The molecule has 0 aliphatic carbocycles. The summed E-state index contributed by atoms with van der Waals surface area (Å²) in [7, 11) is -2.93. The van der Waals surface area contributed by atoms with Gasteiger partial charge >= 0.3 is 0 Å². The van der Waals surface area contributed by atoms with Gasteiger partial charge in [0.2, 0.25) is 5.91 Å². The van der Waals surface area contributed by atoms with Gasteiger partial charge in [0.05, 0.1) is 22.9 Å². The van der Waals surface area contributed by atoms with Gasteiger partial charge in [0.15, 0.2) is 9.84 Å². The van der Waals surface area contributed by atoms with Crippen LogP contribution in [0.5, 0.6) is 5.75 Å². The molecule has 116 valence electrons. The highest BCUT2D eigenvalue weighted by Crippen LogP contribution is 2.31. The molecular formula is C13H16ClNO4S2. The van der Waals surface area contributed by atoms with Crippen molar-refractivity contribution in [3.63, 3.8) is 0 Å². The number of benzene rings is 1. The Balaban J connectivity index is 1.91. The Bertz CT molecular complexity index is 660. The summed E-state index contributed by atoms with van der Waals surface area (Å²) in [5.74, 6) is 0.167. The number of amides is 1. The molecule has 2 rings (SSSR count). The number of halogens is 1. The lowest BCUT2D eigenvalue weighted by Gasteiger charge is -2.11. The summed E-state index contributed by atoms with van der Waals surface area (Å²) in [6.07, 6.45) is 0.585. The zero-order valence-electron chi connectivity index (χ0n) is 11.4. The molecule has 1 atom stereocenters. The van der Waals surface area contributed by atoms with Crippen molar-refractivity contribution >= 4 is 44.8 Å². The molecule has 1 heterocycles. The number of aromatic hydroxyl groups is 1. The number of carbonyl (C=O) groups is 1. The number of hydrogen-bond acceptors (Lipinski definition) is 5. The third-order valence-corrected chi connectivity index (χ3v) is 6.68. The fourth-order valence-electron chi connectivity index (χ4n) is 2.10. The van der Waals surface area contributed by atoms with Crippen molar-refractivity contribution in [2.24, 2.45) is 0 Å². The van der Waals surface area contributed by atoms with E-state index in [1.54, 1.807) is 13.0 Å². The molecule has 21 heavy (non-hydrogen) atoms. The maximum absolute atomic E-state index is 11.9. The summed E-state index contributed by atoms with van der Waals surface area (Å²) in [5, 5.41) is 12.8. The van der Waals surface area contributed by atoms with Crippen molar-refractivity contribution in [1.29, 1.82) is 0 Å². The fourth-order valence-corrected chi connectivity index (χ4v) is 5.82. The van der Waals surface area contributed by atoms with Gasteiger partial charge in [-0.05, 0) is 31.0 Å². The zero-order valence-corrected chi connectivity index (χ0v) is 13.8. The molecule has 5 nitrogen and oxygen atoms in total. The highest BCUT2D eigenvalue weighted by molar-refractivity contribution is 8.02. The van der Waals surface area contributed by atoms with Gasteiger partial charge in [0.1, 0.15) is 5.75 Å². The molecule has 0 aromatic heterocycles. The molecule has 1 aliphatic rings. The van der Waals surface area contributed by atoms with Crippen molar-refractivity contribution in [1.82, 2.24) is 0 Å². The zero-order chi connectivity index (χ0) is 15.6. The number of sulfone groups is 1. The van der Waals surface area contributed by atoms with E-state index in [-0.39, 0.29) is 39.9 Å². The van der Waals surface area contributed by atoms with Crippen molar-refractivity contribution < 1.29 is 18.3 Å². The van der Waals surface area contributed by atoms with E-state index in [1.165, 1.54) is 17.8 Å². The normalized spacial score (nSPS) is 20.4. The van der Waals surface area contributed by atoms with Crippen LogP contribution in [0.3, 0.4) is 0 Å². The van der Waals surface area contributed by atoms with E-state index < -0.39 is 9.84 Å². The van der Waals surface area contributed by atoms with E-state index >= 15 is 0 Å². The van der Waals surface area contributed by atoms with Gasteiger partial charge in [-0.25, -0.2) is 8.42 Å². The molecule has 1 saturated heterocycles. The number of thioether (sulfide) groups is 1. The van der Waals surface area contributed by atoms with Crippen molar-refractivity contribution in [3.8, 4) is 5.75 Å².